The van der Waals surface area contributed by atoms with E-state index < -0.39 is 17.7 Å². The van der Waals surface area contributed by atoms with Gasteiger partial charge in [0.2, 0.25) is 0 Å². The van der Waals surface area contributed by atoms with Crippen molar-refractivity contribution in [2.75, 3.05) is 7.11 Å². The zero-order valence-corrected chi connectivity index (χ0v) is 18.3. The molecule has 152 valence electrons. The topological polar surface area (TPSA) is 71.1 Å². The lowest BCUT2D eigenvalue weighted by Crippen LogP contribution is -2.41. The van der Waals surface area contributed by atoms with Gasteiger partial charge in [-0.05, 0) is 45.8 Å². The van der Waals surface area contributed by atoms with E-state index in [1.54, 1.807) is 18.2 Å². The molecule has 6 nitrogen and oxygen atoms in total. The van der Waals surface area contributed by atoms with Gasteiger partial charge in [0, 0.05) is 24.4 Å². The lowest BCUT2D eigenvalue weighted by molar-refractivity contribution is -0.222. The van der Waals surface area contributed by atoms with Crippen molar-refractivity contribution in [1.82, 2.24) is 0 Å². The highest BCUT2D eigenvalue weighted by atomic mass is 79.9. The molecule has 1 aliphatic rings. The minimum absolute atomic E-state index is 0.206. The smallest absolute Gasteiger partial charge is 0.348 e. The molecule has 8 heteroatoms. The minimum atomic E-state index is -1.29. The van der Waals surface area contributed by atoms with Crippen LogP contribution in [-0.2, 0) is 25.7 Å². The first-order valence-electron chi connectivity index (χ1n) is 8.62. The summed E-state index contributed by atoms with van der Waals surface area (Å²) in [6, 6.07) is 10.7. The Morgan fingerprint density at radius 3 is 2.41 bits per heavy atom. The van der Waals surface area contributed by atoms with Crippen LogP contribution in [0.2, 0.25) is 5.02 Å². The average molecular weight is 482 g/mol. The first kappa shape index (κ1) is 21.2. The fraction of sp³-hybridized carbons (Fsp3) is 0.238. The van der Waals surface area contributed by atoms with E-state index >= 15 is 0 Å². The third-order valence-corrected chi connectivity index (χ3v) is 4.97. The number of carbonyl (C=O) groups is 2. The average Bonchev–Trinajstić information content (AvgIpc) is 2.64. The molecule has 0 amide bonds. The van der Waals surface area contributed by atoms with Gasteiger partial charge in [-0.2, -0.15) is 0 Å². The van der Waals surface area contributed by atoms with Crippen LogP contribution in [0.1, 0.15) is 25.0 Å². The molecular weight excluding hydrogens is 464 g/mol. The van der Waals surface area contributed by atoms with E-state index in [2.05, 4.69) is 15.9 Å². The minimum Gasteiger partial charge on any atom is -0.493 e. The molecule has 3 rings (SSSR count). The number of carbonyl (C=O) groups excluding carboxylic acids is 2. The predicted octanol–water partition coefficient (Wildman–Crippen LogP) is 4.91. The van der Waals surface area contributed by atoms with Crippen molar-refractivity contribution in [3.63, 3.8) is 0 Å². The van der Waals surface area contributed by atoms with Gasteiger partial charge in [0.15, 0.2) is 11.5 Å². The van der Waals surface area contributed by atoms with Crippen LogP contribution in [0.15, 0.2) is 46.4 Å². The van der Waals surface area contributed by atoms with Crippen molar-refractivity contribution < 1.29 is 28.5 Å². The van der Waals surface area contributed by atoms with Crippen molar-refractivity contribution in [2.45, 2.75) is 26.2 Å². The van der Waals surface area contributed by atoms with Crippen LogP contribution in [0.4, 0.5) is 0 Å². The summed E-state index contributed by atoms with van der Waals surface area (Å²) in [7, 11) is 1.49. The Balaban J connectivity index is 1.88. The summed E-state index contributed by atoms with van der Waals surface area (Å²) >= 11 is 9.61. The van der Waals surface area contributed by atoms with Gasteiger partial charge >= 0.3 is 11.9 Å². The largest absolute Gasteiger partial charge is 0.493 e. The van der Waals surface area contributed by atoms with Crippen molar-refractivity contribution in [3.05, 3.63) is 62.6 Å². The molecule has 0 aliphatic carbocycles. The van der Waals surface area contributed by atoms with Crippen molar-refractivity contribution in [1.29, 1.82) is 0 Å². The van der Waals surface area contributed by atoms with E-state index in [9.17, 15) is 9.59 Å². The summed E-state index contributed by atoms with van der Waals surface area (Å²) in [5.74, 6) is -1.92. The molecule has 0 radical (unpaired) electrons. The molecule has 0 unspecified atom stereocenters. The maximum absolute atomic E-state index is 12.2. The maximum atomic E-state index is 12.2. The highest BCUT2D eigenvalue weighted by Gasteiger charge is 2.38. The first-order valence-corrected chi connectivity index (χ1v) is 9.79. The van der Waals surface area contributed by atoms with Crippen molar-refractivity contribution >= 4 is 45.5 Å². The van der Waals surface area contributed by atoms with Gasteiger partial charge in [0.25, 0.3) is 5.79 Å². The van der Waals surface area contributed by atoms with Crippen LogP contribution in [0, 0.1) is 0 Å². The summed E-state index contributed by atoms with van der Waals surface area (Å²) in [6.45, 7) is 3.22. The first-order chi connectivity index (χ1) is 13.7. The highest BCUT2D eigenvalue weighted by Crippen LogP contribution is 2.38. The number of esters is 2. The standard InChI is InChI=1S/C21H18BrClO6/c1-21(2)28-19(24)14(20(25)29-21)8-12-9-15(22)18(17(10-12)26-3)27-11-13-6-4-5-7-16(13)23/h4-10H,11H2,1-3H3. The van der Waals surface area contributed by atoms with Crippen LogP contribution >= 0.6 is 27.5 Å². The molecule has 1 aliphatic heterocycles. The fourth-order valence-electron chi connectivity index (χ4n) is 2.67. The maximum Gasteiger partial charge on any atom is 0.348 e. The third kappa shape index (κ3) is 4.92. The predicted molar refractivity (Wildman–Crippen MR) is 111 cm³/mol. The van der Waals surface area contributed by atoms with E-state index in [0.717, 1.165) is 5.56 Å². The lowest BCUT2D eigenvalue weighted by atomic mass is 10.1. The summed E-state index contributed by atoms with van der Waals surface area (Å²) in [4.78, 5) is 24.3. The number of ether oxygens (including phenoxy) is 4. The summed E-state index contributed by atoms with van der Waals surface area (Å²) in [6.07, 6.45) is 1.38. The molecule has 0 atom stereocenters. The van der Waals surface area contributed by atoms with Crippen LogP contribution in [0.3, 0.4) is 0 Å². The molecule has 0 spiro atoms. The van der Waals surface area contributed by atoms with Crippen LogP contribution in [-0.4, -0.2) is 24.8 Å². The van der Waals surface area contributed by atoms with Crippen molar-refractivity contribution in [3.8, 4) is 11.5 Å². The van der Waals surface area contributed by atoms with Gasteiger partial charge in [-0.1, -0.05) is 29.8 Å². The fourth-order valence-corrected chi connectivity index (χ4v) is 3.44. The second kappa shape index (κ2) is 8.47. The molecule has 29 heavy (non-hydrogen) atoms. The molecule has 0 aromatic heterocycles. The quantitative estimate of drug-likeness (QED) is 0.343. The molecule has 1 saturated heterocycles. The van der Waals surface area contributed by atoms with Crippen LogP contribution in [0.5, 0.6) is 11.5 Å². The van der Waals surface area contributed by atoms with Gasteiger partial charge < -0.3 is 18.9 Å². The lowest BCUT2D eigenvalue weighted by Gasteiger charge is -2.29. The van der Waals surface area contributed by atoms with Gasteiger partial charge in [0.1, 0.15) is 12.2 Å². The summed E-state index contributed by atoms with van der Waals surface area (Å²) < 4.78 is 22.1. The normalized spacial score (nSPS) is 15.4. The summed E-state index contributed by atoms with van der Waals surface area (Å²) in [5.41, 5.74) is 1.15. The Bertz CT molecular complexity index is 977. The van der Waals surface area contributed by atoms with Gasteiger partial charge in [-0.3, -0.25) is 0 Å². The number of hydrogen-bond donors (Lipinski definition) is 0. The Labute approximate surface area is 181 Å². The van der Waals surface area contributed by atoms with E-state index in [0.29, 0.717) is 26.6 Å². The number of halogens is 2. The number of rotatable bonds is 5. The molecule has 2 aromatic rings. The Morgan fingerprint density at radius 2 is 1.79 bits per heavy atom. The molecule has 0 N–H and O–H groups in total. The van der Waals surface area contributed by atoms with Gasteiger partial charge in [-0.15, -0.1) is 0 Å². The zero-order chi connectivity index (χ0) is 21.2. The molecule has 1 fully saturated rings. The van der Waals surface area contributed by atoms with Crippen molar-refractivity contribution in [2.24, 2.45) is 0 Å². The van der Waals surface area contributed by atoms with Crippen LogP contribution in [0.25, 0.3) is 6.08 Å². The SMILES string of the molecule is COc1cc(C=C2C(=O)OC(C)(C)OC2=O)cc(Br)c1OCc1ccccc1Cl. The number of benzene rings is 2. The van der Waals surface area contributed by atoms with Gasteiger partial charge in [-0.25, -0.2) is 9.59 Å². The zero-order valence-electron chi connectivity index (χ0n) is 16.0. The molecule has 2 aromatic carbocycles. The molecule has 0 saturated carbocycles. The molecule has 1 heterocycles. The van der Waals surface area contributed by atoms with Crippen LogP contribution < -0.4 is 9.47 Å². The van der Waals surface area contributed by atoms with E-state index in [1.165, 1.54) is 27.0 Å². The highest BCUT2D eigenvalue weighted by molar-refractivity contribution is 9.10. The summed E-state index contributed by atoms with van der Waals surface area (Å²) in [5, 5.41) is 0.598. The van der Waals surface area contributed by atoms with E-state index in [1.807, 2.05) is 18.2 Å². The molecule has 0 bridgehead atoms. The second-order valence-electron chi connectivity index (χ2n) is 6.65. The number of cyclic esters (lactones) is 2. The number of hydrogen-bond acceptors (Lipinski definition) is 6. The van der Waals surface area contributed by atoms with E-state index in [-0.39, 0.29) is 12.2 Å². The van der Waals surface area contributed by atoms with E-state index in [4.69, 9.17) is 30.5 Å². The number of methoxy groups -OCH3 is 1. The third-order valence-electron chi connectivity index (χ3n) is 4.01. The second-order valence-corrected chi connectivity index (χ2v) is 7.91. The monoisotopic (exact) mass is 480 g/mol. The Morgan fingerprint density at radius 1 is 1.14 bits per heavy atom. The molecular formula is C21H18BrClO6. The Hall–Kier alpha value is -2.51. The van der Waals surface area contributed by atoms with Gasteiger partial charge in [0.05, 0.1) is 11.6 Å². The Kier molecular flexibility index (Phi) is 6.19.